The predicted molar refractivity (Wildman–Crippen MR) is 75.0 cm³/mol. The SMILES string of the molecule is CCCNC(=O)c1ccccc1NC(=O)C1CC1C. The van der Waals surface area contributed by atoms with Gasteiger partial charge in [-0.15, -0.1) is 0 Å². The molecule has 0 radical (unpaired) electrons. The van der Waals surface area contributed by atoms with Crippen LogP contribution in [-0.2, 0) is 4.79 Å². The molecule has 4 nitrogen and oxygen atoms in total. The Balaban J connectivity index is 2.07. The number of carbonyl (C=O) groups is 2. The lowest BCUT2D eigenvalue weighted by Gasteiger charge is -2.11. The Morgan fingerprint density at radius 2 is 2.00 bits per heavy atom. The second-order valence-electron chi connectivity index (χ2n) is 5.11. The quantitative estimate of drug-likeness (QED) is 0.854. The fraction of sp³-hybridized carbons (Fsp3) is 0.467. The zero-order valence-corrected chi connectivity index (χ0v) is 11.4. The minimum atomic E-state index is -0.137. The number of amides is 2. The van der Waals surface area contributed by atoms with E-state index in [4.69, 9.17) is 0 Å². The van der Waals surface area contributed by atoms with Crippen LogP contribution in [-0.4, -0.2) is 18.4 Å². The molecule has 0 bridgehead atoms. The number of carbonyl (C=O) groups excluding carboxylic acids is 2. The normalized spacial score (nSPS) is 20.7. The number of benzene rings is 1. The van der Waals surface area contributed by atoms with Crippen LogP contribution in [0.3, 0.4) is 0 Å². The Hall–Kier alpha value is -1.84. The summed E-state index contributed by atoms with van der Waals surface area (Å²) in [6.45, 7) is 4.70. The molecule has 1 aliphatic rings. The smallest absolute Gasteiger partial charge is 0.253 e. The topological polar surface area (TPSA) is 58.2 Å². The largest absolute Gasteiger partial charge is 0.352 e. The van der Waals surface area contributed by atoms with Gasteiger partial charge in [0.15, 0.2) is 0 Å². The summed E-state index contributed by atoms with van der Waals surface area (Å²) in [6.07, 6.45) is 1.83. The highest BCUT2D eigenvalue weighted by Gasteiger charge is 2.39. The van der Waals surface area contributed by atoms with Gasteiger partial charge in [0.2, 0.25) is 5.91 Å². The first-order chi connectivity index (χ1) is 9.13. The summed E-state index contributed by atoms with van der Waals surface area (Å²) in [4.78, 5) is 23.9. The van der Waals surface area contributed by atoms with Gasteiger partial charge >= 0.3 is 0 Å². The zero-order valence-electron chi connectivity index (χ0n) is 11.4. The van der Waals surface area contributed by atoms with Crippen LogP contribution in [0.25, 0.3) is 0 Å². The molecule has 1 aromatic carbocycles. The number of para-hydroxylation sites is 1. The monoisotopic (exact) mass is 260 g/mol. The van der Waals surface area contributed by atoms with Crippen molar-refractivity contribution in [1.82, 2.24) is 5.32 Å². The molecule has 1 aliphatic carbocycles. The summed E-state index contributed by atoms with van der Waals surface area (Å²) in [5.41, 5.74) is 1.12. The van der Waals surface area contributed by atoms with Gasteiger partial charge in [0.25, 0.3) is 5.91 Å². The van der Waals surface area contributed by atoms with Gasteiger partial charge in [0.05, 0.1) is 11.3 Å². The van der Waals surface area contributed by atoms with E-state index in [1.165, 1.54) is 0 Å². The molecule has 0 aromatic heterocycles. The van der Waals surface area contributed by atoms with E-state index in [9.17, 15) is 9.59 Å². The summed E-state index contributed by atoms with van der Waals surface area (Å²) in [7, 11) is 0. The van der Waals surface area contributed by atoms with E-state index in [0.717, 1.165) is 12.8 Å². The molecule has 4 heteroatoms. The third-order valence-corrected chi connectivity index (χ3v) is 3.41. The van der Waals surface area contributed by atoms with Gasteiger partial charge in [-0.2, -0.15) is 0 Å². The highest BCUT2D eigenvalue weighted by molar-refractivity contribution is 6.04. The van der Waals surface area contributed by atoms with E-state index in [1.54, 1.807) is 18.2 Å². The van der Waals surface area contributed by atoms with Crippen molar-refractivity contribution < 1.29 is 9.59 Å². The molecular weight excluding hydrogens is 240 g/mol. The molecule has 2 unspecified atom stereocenters. The van der Waals surface area contributed by atoms with Gasteiger partial charge < -0.3 is 10.6 Å². The summed E-state index contributed by atoms with van der Waals surface area (Å²) in [5, 5.41) is 5.69. The third kappa shape index (κ3) is 3.34. The molecule has 1 fully saturated rings. The van der Waals surface area contributed by atoms with Crippen molar-refractivity contribution in [3.8, 4) is 0 Å². The van der Waals surface area contributed by atoms with Crippen LogP contribution in [0.5, 0.6) is 0 Å². The van der Waals surface area contributed by atoms with Crippen molar-refractivity contribution >= 4 is 17.5 Å². The van der Waals surface area contributed by atoms with Crippen LogP contribution in [0.15, 0.2) is 24.3 Å². The first kappa shape index (κ1) is 13.6. The van der Waals surface area contributed by atoms with E-state index in [-0.39, 0.29) is 17.7 Å². The molecule has 0 aliphatic heterocycles. The molecule has 0 heterocycles. The van der Waals surface area contributed by atoms with Gasteiger partial charge in [0.1, 0.15) is 0 Å². The van der Waals surface area contributed by atoms with Crippen molar-refractivity contribution in [2.75, 3.05) is 11.9 Å². The van der Waals surface area contributed by atoms with Gasteiger partial charge in [0, 0.05) is 12.5 Å². The van der Waals surface area contributed by atoms with Crippen molar-refractivity contribution in [2.24, 2.45) is 11.8 Å². The average molecular weight is 260 g/mol. The van der Waals surface area contributed by atoms with Crippen LogP contribution in [0, 0.1) is 11.8 Å². The predicted octanol–water partition coefficient (Wildman–Crippen LogP) is 2.42. The Morgan fingerprint density at radius 1 is 1.32 bits per heavy atom. The van der Waals surface area contributed by atoms with E-state index in [1.807, 2.05) is 13.0 Å². The maximum Gasteiger partial charge on any atom is 0.253 e. The maximum atomic E-state index is 12.0. The lowest BCUT2D eigenvalue weighted by atomic mass is 10.1. The molecule has 2 amide bonds. The third-order valence-electron chi connectivity index (χ3n) is 3.41. The van der Waals surface area contributed by atoms with Crippen molar-refractivity contribution in [3.05, 3.63) is 29.8 Å². The summed E-state index contributed by atoms with van der Waals surface area (Å²) >= 11 is 0. The van der Waals surface area contributed by atoms with E-state index in [2.05, 4.69) is 17.6 Å². The van der Waals surface area contributed by atoms with Crippen molar-refractivity contribution in [2.45, 2.75) is 26.7 Å². The molecule has 19 heavy (non-hydrogen) atoms. The number of hydrogen-bond donors (Lipinski definition) is 2. The number of hydrogen-bond acceptors (Lipinski definition) is 2. The molecule has 2 rings (SSSR count). The van der Waals surface area contributed by atoms with Crippen molar-refractivity contribution in [1.29, 1.82) is 0 Å². The molecule has 102 valence electrons. The fourth-order valence-electron chi connectivity index (χ4n) is 2.04. The molecule has 0 saturated heterocycles. The Morgan fingerprint density at radius 3 is 2.63 bits per heavy atom. The van der Waals surface area contributed by atoms with Crippen molar-refractivity contribution in [3.63, 3.8) is 0 Å². The summed E-state index contributed by atoms with van der Waals surface area (Å²) in [6, 6.07) is 7.13. The average Bonchev–Trinajstić information content (AvgIpc) is 3.14. The molecule has 1 aromatic rings. The van der Waals surface area contributed by atoms with E-state index < -0.39 is 0 Å². The lowest BCUT2D eigenvalue weighted by Crippen LogP contribution is -2.26. The molecule has 1 saturated carbocycles. The second-order valence-corrected chi connectivity index (χ2v) is 5.11. The molecular formula is C15H20N2O2. The molecule has 0 spiro atoms. The summed E-state index contributed by atoms with van der Waals surface area (Å²) in [5.74, 6) is 0.442. The number of nitrogens with one attached hydrogen (secondary N) is 2. The van der Waals surface area contributed by atoms with Gasteiger partial charge in [-0.3, -0.25) is 9.59 Å². The van der Waals surface area contributed by atoms with Crippen LogP contribution in [0.1, 0.15) is 37.0 Å². The van der Waals surface area contributed by atoms with E-state index >= 15 is 0 Å². The first-order valence-electron chi connectivity index (χ1n) is 6.81. The maximum absolute atomic E-state index is 12.0. The zero-order chi connectivity index (χ0) is 13.8. The Kier molecular flexibility index (Phi) is 4.20. The first-order valence-corrected chi connectivity index (χ1v) is 6.81. The Bertz CT molecular complexity index is 485. The minimum Gasteiger partial charge on any atom is -0.352 e. The van der Waals surface area contributed by atoms with Gasteiger partial charge in [-0.25, -0.2) is 0 Å². The van der Waals surface area contributed by atoms with Gasteiger partial charge in [-0.1, -0.05) is 26.0 Å². The van der Waals surface area contributed by atoms with Gasteiger partial charge in [-0.05, 0) is 30.9 Å². The molecule has 2 N–H and O–H groups in total. The van der Waals surface area contributed by atoms with Crippen LogP contribution in [0.2, 0.25) is 0 Å². The fourth-order valence-corrected chi connectivity index (χ4v) is 2.04. The number of rotatable bonds is 5. The number of anilines is 1. The van der Waals surface area contributed by atoms with Crippen LogP contribution < -0.4 is 10.6 Å². The van der Waals surface area contributed by atoms with E-state index in [0.29, 0.717) is 23.7 Å². The van der Waals surface area contributed by atoms with Crippen LogP contribution in [0.4, 0.5) is 5.69 Å². The second kappa shape index (κ2) is 5.87. The standard InChI is InChI=1S/C15H20N2O2/c1-3-8-16-14(18)11-6-4-5-7-13(11)17-15(19)12-9-10(12)2/h4-7,10,12H,3,8-9H2,1-2H3,(H,16,18)(H,17,19). The lowest BCUT2D eigenvalue weighted by molar-refractivity contribution is -0.117. The minimum absolute atomic E-state index is 0.0169. The molecule has 2 atom stereocenters. The highest BCUT2D eigenvalue weighted by atomic mass is 16.2. The summed E-state index contributed by atoms with van der Waals surface area (Å²) < 4.78 is 0. The Labute approximate surface area is 113 Å². The van der Waals surface area contributed by atoms with Crippen LogP contribution >= 0.6 is 0 Å². The highest BCUT2D eigenvalue weighted by Crippen LogP contribution is 2.38.